The number of amides is 1. The molecule has 0 spiro atoms. The second kappa shape index (κ2) is 6.41. The lowest BCUT2D eigenvalue weighted by Crippen LogP contribution is -2.39. The van der Waals surface area contributed by atoms with Crippen molar-refractivity contribution in [1.29, 1.82) is 0 Å². The highest BCUT2D eigenvalue weighted by Crippen LogP contribution is 2.20. The number of carboxylic acids is 1. The van der Waals surface area contributed by atoms with Gasteiger partial charge in [0.2, 0.25) is 0 Å². The van der Waals surface area contributed by atoms with Crippen LogP contribution in [0.4, 0.5) is 0 Å². The smallest absolute Gasteiger partial charge is 0.310 e. The molecule has 1 aromatic carbocycles. The van der Waals surface area contributed by atoms with E-state index in [9.17, 15) is 9.59 Å². The van der Waals surface area contributed by atoms with Crippen molar-refractivity contribution in [2.75, 3.05) is 6.54 Å². The molecule has 0 aromatic heterocycles. The van der Waals surface area contributed by atoms with Crippen LogP contribution in [0.5, 0.6) is 5.75 Å². The largest absolute Gasteiger partial charge is 0.490 e. The van der Waals surface area contributed by atoms with Crippen molar-refractivity contribution in [3.63, 3.8) is 0 Å². The van der Waals surface area contributed by atoms with Gasteiger partial charge in [-0.25, -0.2) is 0 Å². The lowest BCUT2D eigenvalue weighted by Gasteiger charge is -2.20. The number of rotatable bonds is 6. The van der Waals surface area contributed by atoms with Crippen molar-refractivity contribution in [3.05, 3.63) is 29.8 Å². The minimum atomic E-state index is -1.01. The molecule has 0 unspecified atom stereocenters. The van der Waals surface area contributed by atoms with Crippen LogP contribution in [0.15, 0.2) is 24.3 Å². The third-order valence-corrected chi connectivity index (χ3v) is 2.76. The van der Waals surface area contributed by atoms with Crippen LogP contribution in [0, 0.1) is 5.41 Å². The van der Waals surface area contributed by atoms with Gasteiger partial charge < -0.3 is 15.2 Å². The Kier molecular flexibility index (Phi) is 5.13. The molecule has 0 atom stereocenters. The molecule has 5 heteroatoms. The second-order valence-electron chi connectivity index (χ2n) is 5.53. The highest BCUT2D eigenvalue weighted by Gasteiger charge is 2.28. The fourth-order valence-electron chi connectivity index (χ4n) is 1.48. The van der Waals surface area contributed by atoms with Crippen LogP contribution in [-0.4, -0.2) is 29.6 Å². The maximum atomic E-state index is 12.1. The molecule has 0 aliphatic heterocycles. The second-order valence-corrected chi connectivity index (χ2v) is 5.53. The molecule has 0 fully saturated rings. The van der Waals surface area contributed by atoms with Crippen LogP contribution in [0.2, 0.25) is 0 Å². The topological polar surface area (TPSA) is 75.6 Å². The average molecular weight is 279 g/mol. The standard InChI is InChI=1S/C15H21NO4/c1-10(2)20-12-8-6-5-7-11(12)13(17)16-9-15(3,4)14(18)19/h5-8,10H,9H2,1-4H3,(H,16,17)(H,18,19). The molecule has 0 saturated carbocycles. The summed E-state index contributed by atoms with van der Waals surface area (Å²) in [6.07, 6.45) is -0.0422. The zero-order valence-electron chi connectivity index (χ0n) is 12.3. The summed E-state index contributed by atoms with van der Waals surface area (Å²) >= 11 is 0. The van der Waals surface area contributed by atoms with E-state index in [1.807, 2.05) is 13.8 Å². The third-order valence-electron chi connectivity index (χ3n) is 2.76. The fraction of sp³-hybridized carbons (Fsp3) is 0.467. The summed E-state index contributed by atoms with van der Waals surface area (Å²) in [6, 6.07) is 6.90. The summed E-state index contributed by atoms with van der Waals surface area (Å²) in [5.41, 5.74) is -0.605. The molecule has 0 aliphatic rings. The predicted molar refractivity (Wildman–Crippen MR) is 76.0 cm³/mol. The van der Waals surface area contributed by atoms with Gasteiger partial charge in [0.15, 0.2) is 0 Å². The van der Waals surface area contributed by atoms with Gasteiger partial charge in [0.05, 0.1) is 17.1 Å². The molecule has 2 N–H and O–H groups in total. The molecular weight excluding hydrogens is 258 g/mol. The molecule has 0 bridgehead atoms. The Bertz CT molecular complexity index is 494. The molecule has 0 aliphatic carbocycles. The number of carbonyl (C=O) groups is 2. The van der Waals surface area contributed by atoms with E-state index in [1.54, 1.807) is 38.1 Å². The summed E-state index contributed by atoms with van der Waals surface area (Å²) in [5, 5.41) is 11.7. The number of hydrogen-bond donors (Lipinski definition) is 2. The van der Waals surface area contributed by atoms with Gasteiger partial charge in [-0.2, -0.15) is 0 Å². The van der Waals surface area contributed by atoms with Crippen molar-refractivity contribution in [2.24, 2.45) is 5.41 Å². The van der Waals surface area contributed by atoms with E-state index in [-0.39, 0.29) is 18.6 Å². The minimum absolute atomic E-state index is 0.0422. The minimum Gasteiger partial charge on any atom is -0.490 e. The molecule has 1 rings (SSSR count). The molecule has 0 saturated heterocycles. The van der Waals surface area contributed by atoms with E-state index >= 15 is 0 Å². The van der Waals surface area contributed by atoms with Gasteiger partial charge >= 0.3 is 5.97 Å². The number of para-hydroxylation sites is 1. The average Bonchev–Trinajstić information content (AvgIpc) is 2.36. The van der Waals surface area contributed by atoms with Crippen LogP contribution in [0.25, 0.3) is 0 Å². The Morgan fingerprint density at radius 3 is 2.45 bits per heavy atom. The monoisotopic (exact) mass is 279 g/mol. The van der Waals surface area contributed by atoms with Crippen LogP contribution in [-0.2, 0) is 4.79 Å². The Morgan fingerprint density at radius 1 is 1.30 bits per heavy atom. The van der Waals surface area contributed by atoms with Crippen LogP contribution >= 0.6 is 0 Å². The normalized spacial score (nSPS) is 11.2. The molecule has 20 heavy (non-hydrogen) atoms. The number of ether oxygens (including phenoxy) is 1. The summed E-state index contributed by atoms with van der Waals surface area (Å²) < 4.78 is 5.57. The summed E-state index contributed by atoms with van der Waals surface area (Å²) in [7, 11) is 0. The quantitative estimate of drug-likeness (QED) is 0.838. The van der Waals surface area contributed by atoms with E-state index in [0.717, 1.165) is 0 Å². The summed E-state index contributed by atoms with van der Waals surface area (Å²) in [4.78, 5) is 23.1. The first-order valence-corrected chi connectivity index (χ1v) is 6.51. The fourth-order valence-corrected chi connectivity index (χ4v) is 1.48. The Labute approximate surface area is 118 Å². The van der Waals surface area contributed by atoms with Gasteiger partial charge in [0.1, 0.15) is 5.75 Å². The van der Waals surface area contributed by atoms with Crippen molar-refractivity contribution in [1.82, 2.24) is 5.32 Å². The van der Waals surface area contributed by atoms with E-state index < -0.39 is 11.4 Å². The van der Waals surface area contributed by atoms with Gasteiger partial charge in [-0.3, -0.25) is 9.59 Å². The van der Waals surface area contributed by atoms with Crippen molar-refractivity contribution in [2.45, 2.75) is 33.8 Å². The SMILES string of the molecule is CC(C)Oc1ccccc1C(=O)NCC(C)(C)C(=O)O. The van der Waals surface area contributed by atoms with Gasteiger partial charge in [-0.1, -0.05) is 12.1 Å². The van der Waals surface area contributed by atoms with E-state index in [4.69, 9.17) is 9.84 Å². The maximum Gasteiger partial charge on any atom is 0.310 e. The molecular formula is C15H21NO4. The first-order valence-electron chi connectivity index (χ1n) is 6.51. The Hall–Kier alpha value is -2.04. The van der Waals surface area contributed by atoms with Crippen molar-refractivity contribution < 1.29 is 19.4 Å². The van der Waals surface area contributed by atoms with Gasteiger partial charge in [0.25, 0.3) is 5.91 Å². The third kappa shape index (κ3) is 4.26. The molecule has 1 amide bonds. The molecule has 0 radical (unpaired) electrons. The summed E-state index contributed by atoms with van der Waals surface area (Å²) in [6.45, 7) is 6.93. The number of hydrogen-bond acceptors (Lipinski definition) is 3. The van der Waals surface area contributed by atoms with E-state index in [1.165, 1.54) is 0 Å². The lowest BCUT2D eigenvalue weighted by atomic mass is 9.94. The molecule has 1 aromatic rings. The molecule has 110 valence electrons. The Balaban J connectivity index is 2.80. The Morgan fingerprint density at radius 2 is 1.90 bits per heavy atom. The predicted octanol–water partition coefficient (Wildman–Crippen LogP) is 2.31. The highest BCUT2D eigenvalue weighted by molar-refractivity contribution is 5.97. The van der Waals surface area contributed by atoms with E-state index in [0.29, 0.717) is 11.3 Å². The molecule has 0 heterocycles. The zero-order valence-corrected chi connectivity index (χ0v) is 12.3. The first-order chi connectivity index (χ1) is 9.24. The van der Waals surface area contributed by atoms with Crippen LogP contribution in [0.3, 0.4) is 0 Å². The number of carbonyl (C=O) groups excluding carboxylic acids is 1. The first kappa shape index (κ1) is 16.0. The number of carboxylic acid groups (broad SMARTS) is 1. The number of benzene rings is 1. The van der Waals surface area contributed by atoms with Crippen molar-refractivity contribution in [3.8, 4) is 5.75 Å². The van der Waals surface area contributed by atoms with E-state index in [2.05, 4.69) is 5.32 Å². The van der Waals surface area contributed by atoms with Gasteiger partial charge in [-0.05, 0) is 39.8 Å². The van der Waals surface area contributed by atoms with Crippen LogP contribution in [0.1, 0.15) is 38.1 Å². The zero-order chi connectivity index (χ0) is 15.3. The van der Waals surface area contributed by atoms with Crippen LogP contribution < -0.4 is 10.1 Å². The number of nitrogens with one attached hydrogen (secondary N) is 1. The van der Waals surface area contributed by atoms with Gasteiger partial charge in [0, 0.05) is 6.54 Å². The van der Waals surface area contributed by atoms with Crippen molar-refractivity contribution >= 4 is 11.9 Å². The summed E-state index contributed by atoms with van der Waals surface area (Å²) in [5.74, 6) is -0.798. The molecule has 5 nitrogen and oxygen atoms in total. The number of aliphatic carboxylic acids is 1. The van der Waals surface area contributed by atoms with Gasteiger partial charge in [-0.15, -0.1) is 0 Å². The lowest BCUT2D eigenvalue weighted by molar-refractivity contribution is -0.146. The highest BCUT2D eigenvalue weighted by atomic mass is 16.5. The maximum absolute atomic E-state index is 12.1.